The van der Waals surface area contributed by atoms with Gasteiger partial charge in [0, 0.05) is 6.54 Å². The van der Waals surface area contributed by atoms with Crippen molar-refractivity contribution in [1.29, 1.82) is 0 Å². The average molecular weight is 336 g/mol. The van der Waals surface area contributed by atoms with Gasteiger partial charge in [-0.15, -0.1) is 0 Å². The molecular weight excluding hydrogens is 297 g/mol. The molecule has 0 saturated carbocycles. The van der Waals surface area contributed by atoms with Gasteiger partial charge in [0.05, 0.1) is 5.97 Å². The smallest absolute Gasteiger partial charge is 0.549 e. The Labute approximate surface area is 166 Å². The van der Waals surface area contributed by atoms with Crippen molar-refractivity contribution in [2.45, 2.75) is 96.8 Å². The van der Waals surface area contributed by atoms with Crippen LogP contribution in [0.15, 0.2) is 0 Å². The number of nitrogens with zero attached hydrogens (tertiary/aromatic N) is 1. The van der Waals surface area contributed by atoms with E-state index in [4.69, 9.17) is 0 Å². The van der Waals surface area contributed by atoms with Crippen LogP contribution < -0.4 is 34.7 Å². The van der Waals surface area contributed by atoms with E-state index in [9.17, 15) is 9.90 Å². The Kier molecular flexibility index (Phi) is 22.8. The van der Waals surface area contributed by atoms with Crippen molar-refractivity contribution in [2.24, 2.45) is 0 Å². The van der Waals surface area contributed by atoms with Crippen molar-refractivity contribution in [2.75, 3.05) is 20.1 Å². The number of carboxylic acids is 1. The second-order valence-corrected chi connectivity index (χ2v) is 6.71. The summed E-state index contributed by atoms with van der Waals surface area (Å²) in [6, 6.07) is 0. The zero-order valence-corrected chi connectivity index (χ0v) is 18.1. The molecular formula is C19H38NNaO2. The van der Waals surface area contributed by atoms with Crippen LogP contribution in [0.5, 0.6) is 0 Å². The van der Waals surface area contributed by atoms with Gasteiger partial charge in [-0.2, -0.15) is 0 Å². The molecule has 0 aromatic carbocycles. The first-order chi connectivity index (χ1) is 10.7. The van der Waals surface area contributed by atoms with Crippen LogP contribution in [0.2, 0.25) is 0 Å². The maximum absolute atomic E-state index is 10.4. The van der Waals surface area contributed by atoms with Crippen LogP contribution in [0.25, 0.3) is 0 Å². The van der Waals surface area contributed by atoms with Crippen LogP contribution >= 0.6 is 0 Å². The fourth-order valence-electron chi connectivity index (χ4n) is 2.88. The molecule has 0 bridgehead atoms. The monoisotopic (exact) mass is 335 g/mol. The molecule has 0 aliphatic rings. The molecule has 0 atom stereocenters. The Morgan fingerprint density at radius 2 is 1.09 bits per heavy atom. The first kappa shape index (κ1) is 25.7. The molecule has 0 aromatic heterocycles. The molecule has 0 spiro atoms. The number of hydrogen-bond acceptors (Lipinski definition) is 3. The van der Waals surface area contributed by atoms with Crippen molar-refractivity contribution in [3.05, 3.63) is 0 Å². The van der Waals surface area contributed by atoms with E-state index in [1.165, 1.54) is 83.5 Å². The summed E-state index contributed by atoms with van der Waals surface area (Å²) in [5, 5.41) is 10.4. The van der Waals surface area contributed by atoms with Crippen LogP contribution in [0, 0.1) is 0 Å². The van der Waals surface area contributed by atoms with Crippen molar-refractivity contribution >= 4 is 5.97 Å². The summed E-state index contributed by atoms with van der Waals surface area (Å²) in [5.41, 5.74) is 0. The first-order valence-corrected chi connectivity index (χ1v) is 9.55. The molecule has 0 aliphatic heterocycles. The minimum atomic E-state index is -0.979. The summed E-state index contributed by atoms with van der Waals surface area (Å²) >= 11 is 0. The molecule has 23 heavy (non-hydrogen) atoms. The molecule has 0 aromatic rings. The maximum atomic E-state index is 10.4. The fourth-order valence-corrected chi connectivity index (χ4v) is 2.88. The molecule has 0 unspecified atom stereocenters. The Morgan fingerprint density at radius 1 is 0.739 bits per heavy atom. The summed E-state index contributed by atoms with van der Waals surface area (Å²) < 4.78 is 0. The van der Waals surface area contributed by atoms with E-state index in [2.05, 4.69) is 6.92 Å². The van der Waals surface area contributed by atoms with Crippen molar-refractivity contribution in [3.63, 3.8) is 0 Å². The minimum Gasteiger partial charge on any atom is -0.549 e. The predicted molar refractivity (Wildman–Crippen MR) is 92.8 cm³/mol. The Morgan fingerprint density at radius 3 is 1.43 bits per heavy atom. The van der Waals surface area contributed by atoms with Gasteiger partial charge in [-0.25, -0.2) is 0 Å². The molecule has 0 rings (SSSR count). The number of unbranched alkanes of at least 4 members (excludes halogenated alkanes) is 13. The molecule has 0 radical (unpaired) electrons. The number of likely N-dealkylation sites (N-methyl/N-ethyl adjacent to an activating group) is 1. The largest absolute Gasteiger partial charge is 1.00 e. The van der Waals surface area contributed by atoms with Gasteiger partial charge in [-0.1, -0.05) is 90.4 Å². The van der Waals surface area contributed by atoms with Gasteiger partial charge in [-0.05, 0) is 20.0 Å². The van der Waals surface area contributed by atoms with Gasteiger partial charge in [-0.3, -0.25) is 0 Å². The zero-order chi connectivity index (χ0) is 16.5. The van der Waals surface area contributed by atoms with E-state index >= 15 is 0 Å². The predicted octanol–water partition coefficient (Wildman–Crippen LogP) is 1.15. The summed E-state index contributed by atoms with van der Waals surface area (Å²) in [4.78, 5) is 12.2. The summed E-state index contributed by atoms with van der Waals surface area (Å²) in [5.74, 6) is -0.979. The SMILES string of the molecule is CCCCCCCCCCCCCCCCN(C)CC(=O)[O-].[Na+]. The molecule has 132 valence electrons. The molecule has 0 amide bonds. The Balaban J connectivity index is 0. The summed E-state index contributed by atoms with van der Waals surface area (Å²) in [7, 11) is 1.85. The third-order valence-electron chi connectivity index (χ3n) is 4.29. The van der Waals surface area contributed by atoms with E-state index in [0.29, 0.717) is 0 Å². The standard InChI is InChI=1S/C19H39NO2.Na/c1-3-4-5-6-7-8-9-10-11-12-13-14-15-16-17-20(2)18-19(21)22;/h3-18H2,1-2H3,(H,21,22);/q;+1/p-1. The fraction of sp³-hybridized carbons (Fsp3) is 0.947. The molecule has 4 heteroatoms. The molecule has 0 heterocycles. The van der Waals surface area contributed by atoms with E-state index in [1.807, 2.05) is 11.9 Å². The second kappa shape index (κ2) is 20.5. The maximum Gasteiger partial charge on any atom is 1.00 e. The molecule has 3 nitrogen and oxygen atoms in total. The van der Waals surface area contributed by atoms with Crippen LogP contribution in [-0.4, -0.2) is 31.0 Å². The van der Waals surface area contributed by atoms with Gasteiger partial charge >= 0.3 is 29.6 Å². The number of carbonyl (C=O) groups is 1. The van der Waals surface area contributed by atoms with E-state index in [0.717, 1.165) is 13.0 Å². The van der Waals surface area contributed by atoms with Crippen LogP contribution in [0.4, 0.5) is 0 Å². The minimum absolute atomic E-state index is 0. The van der Waals surface area contributed by atoms with Crippen molar-refractivity contribution in [3.8, 4) is 0 Å². The van der Waals surface area contributed by atoms with E-state index in [-0.39, 0.29) is 36.1 Å². The normalized spacial score (nSPS) is 10.7. The van der Waals surface area contributed by atoms with Gasteiger partial charge in [0.15, 0.2) is 0 Å². The number of carboxylic acid groups (broad SMARTS) is 1. The number of carbonyl (C=O) groups excluding carboxylic acids is 1. The second-order valence-electron chi connectivity index (χ2n) is 6.71. The zero-order valence-electron chi connectivity index (χ0n) is 16.1. The summed E-state index contributed by atoms with van der Waals surface area (Å²) in [6.45, 7) is 3.19. The molecule has 0 aliphatic carbocycles. The molecule has 0 fully saturated rings. The average Bonchev–Trinajstić information content (AvgIpc) is 2.47. The third-order valence-corrected chi connectivity index (χ3v) is 4.29. The van der Waals surface area contributed by atoms with E-state index in [1.54, 1.807) is 0 Å². The third kappa shape index (κ3) is 22.4. The summed E-state index contributed by atoms with van der Waals surface area (Å²) in [6.07, 6.45) is 19.0. The molecule has 0 N–H and O–H groups in total. The van der Waals surface area contributed by atoms with E-state index < -0.39 is 5.97 Å². The van der Waals surface area contributed by atoms with Gasteiger partial charge in [0.25, 0.3) is 0 Å². The van der Waals surface area contributed by atoms with Gasteiger partial charge in [0.2, 0.25) is 0 Å². The Bertz CT molecular complexity index is 250. The quantitative estimate of drug-likeness (QED) is 0.296. The Hall–Kier alpha value is 0.430. The van der Waals surface area contributed by atoms with Crippen LogP contribution in [0.1, 0.15) is 96.8 Å². The van der Waals surface area contributed by atoms with Crippen LogP contribution in [0.3, 0.4) is 0 Å². The first-order valence-electron chi connectivity index (χ1n) is 9.55. The van der Waals surface area contributed by atoms with Gasteiger partial charge in [0.1, 0.15) is 0 Å². The number of aliphatic carboxylic acids is 1. The topological polar surface area (TPSA) is 43.4 Å². The van der Waals surface area contributed by atoms with Crippen molar-refractivity contribution < 1.29 is 39.5 Å². The van der Waals surface area contributed by atoms with Gasteiger partial charge < -0.3 is 14.8 Å². The van der Waals surface area contributed by atoms with Crippen LogP contribution in [-0.2, 0) is 4.79 Å². The molecule has 0 saturated heterocycles. The number of hydrogen-bond donors (Lipinski definition) is 0. The number of rotatable bonds is 17. The van der Waals surface area contributed by atoms with Crippen molar-refractivity contribution in [1.82, 2.24) is 4.90 Å².